The molecule has 0 aliphatic carbocycles. The van der Waals surface area contributed by atoms with Crippen LogP contribution in [0.3, 0.4) is 0 Å². The number of allylic oxidation sites excluding steroid dienone is 2. The Balaban J connectivity index is 2.69. The Morgan fingerprint density at radius 2 is 2.16 bits per heavy atom. The molecule has 0 saturated heterocycles. The van der Waals surface area contributed by atoms with Crippen LogP contribution in [-0.4, -0.2) is 24.8 Å². The van der Waals surface area contributed by atoms with Crippen LogP contribution in [0.25, 0.3) is 0 Å². The van der Waals surface area contributed by atoms with Crippen molar-refractivity contribution in [2.24, 2.45) is 5.73 Å². The van der Waals surface area contributed by atoms with Crippen molar-refractivity contribution in [1.82, 2.24) is 0 Å². The molecule has 1 aromatic rings. The lowest BCUT2D eigenvalue weighted by atomic mass is 9.82. The fourth-order valence-electron chi connectivity index (χ4n) is 2.72. The molecule has 7 nitrogen and oxygen atoms in total. The van der Waals surface area contributed by atoms with Crippen LogP contribution in [-0.2, 0) is 14.3 Å². The van der Waals surface area contributed by atoms with Gasteiger partial charge < -0.3 is 25.1 Å². The highest BCUT2D eigenvalue weighted by Crippen LogP contribution is 2.42. The fraction of sp³-hybridized carbons (Fsp3) is 0.333. The van der Waals surface area contributed by atoms with Gasteiger partial charge in [-0.2, -0.15) is 5.26 Å². The summed E-state index contributed by atoms with van der Waals surface area (Å²) in [5, 5.41) is 19.4. The van der Waals surface area contributed by atoms with Crippen LogP contribution in [0.5, 0.6) is 11.5 Å². The summed E-state index contributed by atoms with van der Waals surface area (Å²) in [4.78, 5) is 12.5. The third-order valence-electron chi connectivity index (χ3n) is 3.85. The molecule has 0 amide bonds. The van der Waals surface area contributed by atoms with Gasteiger partial charge in [0.1, 0.15) is 17.4 Å². The van der Waals surface area contributed by atoms with Gasteiger partial charge in [-0.25, -0.2) is 4.79 Å². The van der Waals surface area contributed by atoms with Crippen molar-refractivity contribution < 1.29 is 24.1 Å². The summed E-state index contributed by atoms with van der Waals surface area (Å²) in [5.74, 6) is -0.859. The molecule has 0 bridgehead atoms. The maximum Gasteiger partial charge on any atom is 0.338 e. The van der Waals surface area contributed by atoms with Crippen LogP contribution < -0.4 is 10.5 Å². The molecule has 0 unspecified atom stereocenters. The summed E-state index contributed by atoms with van der Waals surface area (Å²) >= 11 is 0. The van der Waals surface area contributed by atoms with Crippen LogP contribution >= 0.6 is 0 Å². The minimum absolute atomic E-state index is 0.0499. The van der Waals surface area contributed by atoms with E-state index in [1.54, 1.807) is 19.1 Å². The van der Waals surface area contributed by atoms with Crippen molar-refractivity contribution in [2.75, 3.05) is 13.7 Å². The summed E-state index contributed by atoms with van der Waals surface area (Å²) in [5.41, 5.74) is 6.78. The molecule has 25 heavy (non-hydrogen) atoms. The van der Waals surface area contributed by atoms with Gasteiger partial charge in [-0.15, -0.1) is 0 Å². The Bertz CT molecular complexity index is 789. The Kier molecular flexibility index (Phi) is 5.55. The van der Waals surface area contributed by atoms with Gasteiger partial charge in [-0.1, -0.05) is 13.0 Å². The molecule has 0 spiro atoms. The van der Waals surface area contributed by atoms with Crippen LogP contribution in [0.1, 0.15) is 31.7 Å². The number of carbonyl (C=O) groups excluding carboxylic acids is 1. The van der Waals surface area contributed by atoms with Gasteiger partial charge in [0.05, 0.1) is 25.2 Å². The Morgan fingerprint density at radius 3 is 2.72 bits per heavy atom. The van der Waals surface area contributed by atoms with E-state index in [4.69, 9.17) is 19.9 Å². The molecule has 3 N–H and O–H groups in total. The Hall–Kier alpha value is -3.14. The highest BCUT2D eigenvalue weighted by Gasteiger charge is 2.37. The van der Waals surface area contributed by atoms with E-state index in [1.165, 1.54) is 13.2 Å². The summed E-state index contributed by atoms with van der Waals surface area (Å²) in [6, 6.07) is 6.60. The van der Waals surface area contributed by atoms with E-state index < -0.39 is 11.9 Å². The summed E-state index contributed by atoms with van der Waals surface area (Å²) < 4.78 is 15.8. The van der Waals surface area contributed by atoms with Crippen molar-refractivity contribution in [3.05, 3.63) is 46.6 Å². The number of hydrogen-bond acceptors (Lipinski definition) is 7. The van der Waals surface area contributed by atoms with Crippen LogP contribution in [0.15, 0.2) is 41.0 Å². The number of ether oxygens (including phenoxy) is 3. The molecular formula is C18H20N2O5. The first-order chi connectivity index (χ1) is 12.0. The summed E-state index contributed by atoms with van der Waals surface area (Å²) in [7, 11) is 1.41. The maximum absolute atomic E-state index is 12.5. The quantitative estimate of drug-likeness (QED) is 0.788. The molecular weight excluding hydrogens is 324 g/mol. The molecule has 1 heterocycles. The number of aromatic hydroxyl groups is 1. The summed E-state index contributed by atoms with van der Waals surface area (Å²) in [6.45, 7) is 3.70. The highest BCUT2D eigenvalue weighted by atomic mass is 16.5. The number of nitriles is 1. The molecule has 0 radical (unpaired) electrons. The van der Waals surface area contributed by atoms with E-state index in [-0.39, 0.29) is 35.1 Å². The molecule has 0 fully saturated rings. The fourth-order valence-corrected chi connectivity index (χ4v) is 2.72. The first kappa shape index (κ1) is 18.2. The van der Waals surface area contributed by atoms with Crippen LogP contribution in [0.4, 0.5) is 0 Å². The van der Waals surface area contributed by atoms with E-state index in [9.17, 15) is 15.2 Å². The standard InChI is InChI=1S/C18H20N2O5/c1-4-13-16(18(22)24-5-2)15(11(9-19)17(20)25-13)10-6-7-12(21)14(8-10)23-3/h6-8,15,21H,4-5,20H2,1-3H3/t15-/m1/s1. The van der Waals surface area contributed by atoms with Gasteiger partial charge in [0.2, 0.25) is 5.88 Å². The molecule has 1 aliphatic heterocycles. The number of rotatable bonds is 5. The van der Waals surface area contributed by atoms with E-state index >= 15 is 0 Å². The normalized spacial score (nSPS) is 17.0. The van der Waals surface area contributed by atoms with E-state index in [1.807, 2.05) is 13.0 Å². The van der Waals surface area contributed by atoms with Crippen molar-refractivity contribution in [2.45, 2.75) is 26.2 Å². The number of nitrogens with zero attached hydrogens (tertiary/aromatic N) is 1. The summed E-state index contributed by atoms with van der Waals surface area (Å²) in [6.07, 6.45) is 0.402. The number of benzene rings is 1. The molecule has 132 valence electrons. The van der Waals surface area contributed by atoms with Gasteiger partial charge in [0.15, 0.2) is 11.5 Å². The average molecular weight is 344 g/mol. The molecule has 1 atom stereocenters. The smallest absolute Gasteiger partial charge is 0.338 e. The van der Waals surface area contributed by atoms with Crippen LogP contribution in [0, 0.1) is 11.3 Å². The molecule has 0 saturated carbocycles. The molecule has 7 heteroatoms. The van der Waals surface area contributed by atoms with Crippen molar-refractivity contribution in [1.29, 1.82) is 5.26 Å². The first-order valence-corrected chi connectivity index (χ1v) is 7.83. The average Bonchev–Trinajstić information content (AvgIpc) is 2.61. The van der Waals surface area contributed by atoms with Gasteiger partial charge in [-0.05, 0) is 24.6 Å². The van der Waals surface area contributed by atoms with Gasteiger partial charge in [0.25, 0.3) is 0 Å². The van der Waals surface area contributed by atoms with E-state index in [2.05, 4.69) is 0 Å². The predicted octanol–water partition coefficient (Wildman–Crippen LogP) is 2.44. The number of methoxy groups -OCH3 is 1. The lowest BCUT2D eigenvalue weighted by Gasteiger charge is -2.28. The maximum atomic E-state index is 12.5. The molecule has 1 aliphatic rings. The number of phenols is 1. The largest absolute Gasteiger partial charge is 0.504 e. The Labute approximate surface area is 145 Å². The number of hydrogen-bond donors (Lipinski definition) is 2. The second kappa shape index (κ2) is 7.62. The lowest BCUT2D eigenvalue weighted by Crippen LogP contribution is -2.26. The van der Waals surface area contributed by atoms with Gasteiger partial charge in [0, 0.05) is 6.42 Å². The zero-order chi connectivity index (χ0) is 18.6. The third-order valence-corrected chi connectivity index (χ3v) is 3.85. The highest BCUT2D eigenvalue weighted by molar-refractivity contribution is 5.92. The monoisotopic (exact) mass is 344 g/mol. The minimum atomic E-state index is -0.762. The van der Waals surface area contributed by atoms with Crippen LogP contribution in [0.2, 0.25) is 0 Å². The minimum Gasteiger partial charge on any atom is -0.504 e. The van der Waals surface area contributed by atoms with Crippen molar-refractivity contribution >= 4 is 5.97 Å². The zero-order valence-electron chi connectivity index (χ0n) is 14.3. The van der Waals surface area contributed by atoms with Crippen molar-refractivity contribution in [3.8, 4) is 17.6 Å². The predicted molar refractivity (Wildman–Crippen MR) is 89.3 cm³/mol. The van der Waals surface area contributed by atoms with Gasteiger partial charge >= 0.3 is 5.97 Å². The topological polar surface area (TPSA) is 115 Å². The number of esters is 1. The van der Waals surface area contributed by atoms with E-state index in [0.29, 0.717) is 17.7 Å². The molecule has 1 aromatic carbocycles. The Morgan fingerprint density at radius 1 is 1.44 bits per heavy atom. The number of phenolic OH excluding ortho intramolecular Hbond substituents is 1. The SMILES string of the molecule is CCOC(=O)C1=C(CC)OC(N)=C(C#N)[C@H]1c1ccc(O)c(OC)c1. The first-order valence-electron chi connectivity index (χ1n) is 7.83. The van der Waals surface area contributed by atoms with Gasteiger partial charge in [-0.3, -0.25) is 0 Å². The van der Waals surface area contributed by atoms with Crippen molar-refractivity contribution in [3.63, 3.8) is 0 Å². The number of carbonyl (C=O) groups is 1. The second-order valence-corrected chi connectivity index (χ2v) is 5.27. The number of nitrogens with two attached hydrogens (primary N) is 1. The zero-order valence-corrected chi connectivity index (χ0v) is 14.3. The molecule has 0 aromatic heterocycles. The molecule has 2 rings (SSSR count). The van der Waals surface area contributed by atoms with E-state index in [0.717, 1.165) is 0 Å². The third kappa shape index (κ3) is 3.38. The second-order valence-electron chi connectivity index (χ2n) is 5.27. The lowest BCUT2D eigenvalue weighted by molar-refractivity contribution is -0.139.